The lowest BCUT2D eigenvalue weighted by Crippen LogP contribution is -2.07. The van der Waals surface area contributed by atoms with Crippen molar-refractivity contribution in [3.05, 3.63) is 18.1 Å². The van der Waals surface area contributed by atoms with E-state index in [1.807, 2.05) is 0 Å². The zero-order valence-corrected chi connectivity index (χ0v) is 6.12. The normalized spacial score (nSPS) is 10.9. The molecule has 0 aliphatic rings. The lowest BCUT2D eigenvalue weighted by Gasteiger charge is -2.06. The molecule has 0 spiro atoms. The summed E-state index contributed by atoms with van der Waals surface area (Å²) in [5.41, 5.74) is -0.886. The van der Waals surface area contributed by atoms with Crippen molar-refractivity contribution in [3.8, 4) is 5.88 Å². The molecule has 1 rings (SSSR count). The molecule has 1 aromatic rings. The van der Waals surface area contributed by atoms with Gasteiger partial charge in [-0.3, -0.25) is 0 Å². The van der Waals surface area contributed by atoms with Crippen LogP contribution in [0.5, 0.6) is 5.88 Å². The van der Waals surface area contributed by atoms with Crippen LogP contribution in [0.4, 0.5) is 17.6 Å². The van der Waals surface area contributed by atoms with E-state index in [0.29, 0.717) is 0 Å². The third-order valence-electron chi connectivity index (χ3n) is 1.10. The van der Waals surface area contributed by atoms with Crippen LogP contribution in [-0.4, -0.2) is 16.6 Å². The maximum absolute atomic E-state index is 12.1. The predicted octanol–water partition coefficient (Wildman–Crippen LogP) is 2.02. The molecule has 0 aromatic carbocycles. The van der Waals surface area contributed by atoms with Crippen molar-refractivity contribution in [2.24, 2.45) is 0 Å². The lowest BCUT2D eigenvalue weighted by molar-refractivity contribution is -0.0556. The Morgan fingerprint density at radius 3 is 2.23 bits per heavy atom. The molecule has 72 valence electrons. The maximum atomic E-state index is 12.1. The van der Waals surface area contributed by atoms with Crippen molar-refractivity contribution in [3.63, 3.8) is 0 Å². The quantitative estimate of drug-likeness (QED) is 0.693. The Labute approximate surface area is 70.4 Å². The minimum atomic E-state index is -3.19. The van der Waals surface area contributed by atoms with Crippen molar-refractivity contribution in [1.82, 2.24) is 9.97 Å². The minimum absolute atomic E-state index is 0.840. The number of hydrogen-bond acceptors (Lipinski definition) is 3. The Morgan fingerprint density at radius 1 is 1.08 bits per heavy atom. The number of alkyl halides is 4. The molecule has 0 aliphatic carbocycles. The second-order valence-corrected chi connectivity index (χ2v) is 1.93. The Bertz CT molecular complexity index is 281. The van der Waals surface area contributed by atoms with Gasteiger partial charge in [-0.15, -0.1) is 0 Å². The summed E-state index contributed by atoms with van der Waals surface area (Å²) in [7, 11) is 0. The van der Waals surface area contributed by atoms with E-state index in [1.54, 1.807) is 0 Å². The number of nitrogens with zero attached hydrogens (tertiary/aromatic N) is 2. The van der Waals surface area contributed by atoms with E-state index < -0.39 is 24.6 Å². The highest BCUT2D eigenvalue weighted by Gasteiger charge is 2.19. The molecule has 0 atom stereocenters. The average molecular weight is 196 g/mol. The molecule has 3 nitrogen and oxygen atoms in total. The van der Waals surface area contributed by atoms with Crippen LogP contribution < -0.4 is 4.74 Å². The fraction of sp³-hybridized carbons (Fsp3) is 0.333. The second-order valence-electron chi connectivity index (χ2n) is 1.93. The monoisotopic (exact) mass is 196 g/mol. The van der Waals surface area contributed by atoms with Crippen LogP contribution in [0, 0.1) is 0 Å². The van der Waals surface area contributed by atoms with Gasteiger partial charge < -0.3 is 4.74 Å². The molecule has 0 bridgehead atoms. The lowest BCUT2D eigenvalue weighted by atomic mass is 10.4. The van der Waals surface area contributed by atoms with E-state index >= 15 is 0 Å². The number of aromatic nitrogens is 2. The van der Waals surface area contributed by atoms with Crippen LogP contribution >= 0.6 is 0 Å². The van der Waals surface area contributed by atoms with Gasteiger partial charge in [0, 0.05) is 12.4 Å². The number of halogens is 4. The summed E-state index contributed by atoms with van der Waals surface area (Å²) in [4.78, 5) is 6.36. The first-order valence-electron chi connectivity index (χ1n) is 3.15. The summed E-state index contributed by atoms with van der Waals surface area (Å²) in [6, 6.07) is 0. The van der Waals surface area contributed by atoms with Gasteiger partial charge in [0.25, 0.3) is 6.43 Å². The van der Waals surface area contributed by atoms with Gasteiger partial charge in [0.05, 0.1) is 0 Å². The number of rotatable bonds is 3. The second kappa shape index (κ2) is 4.01. The first kappa shape index (κ1) is 9.69. The summed E-state index contributed by atoms with van der Waals surface area (Å²) < 4.78 is 51.1. The van der Waals surface area contributed by atoms with Crippen LogP contribution in [0.25, 0.3) is 0 Å². The SMILES string of the molecule is FC(F)Oc1nccnc1C(F)F. The Balaban J connectivity index is 2.91. The maximum Gasteiger partial charge on any atom is 0.388 e. The fourth-order valence-electron chi connectivity index (χ4n) is 0.661. The molecule has 0 fully saturated rings. The van der Waals surface area contributed by atoms with Crippen molar-refractivity contribution in [1.29, 1.82) is 0 Å². The van der Waals surface area contributed by atoms with Gasteiger partial charge in [-0.1, -0.05) is 0 Å². The molecule has 7 heteroatoms. The molecule has 13 heavy (non-hydrogen) atoms. The smallest absolute Gasteiger partial charge is 0.388 e. The summed E-state index contributed by atoms with van der Waals surface area (Å²) in [6.07, 6.45) is -1.02. The van der Waals surface area contributed by atoms with Crippen LogP contribution in [-0.2, 0) is 0 Å². The van der Waals surface area contributed by atoms with E-state index in [4.69, 9.17) is 0 Å². The summed E-state index contributed by atoms with van der Waals surface area (Å²) in [5.74, 6) is -0.840. The molecule has 1 heterocycles. The van der Waals surface area contributed by atoms with Gasteiger partial charge in [-0.25, -0.2) is 18.7 Å². The highest BCUT2D eigenvalue weighted by Crippen LogP contribution is 2.24. The van der Waals surface area contributed by atoms with E-state index in [-0.39, 0.29) is 0 Å². The summed E-state index contributed by atoms with van der Waals surface area (Å²) in [5, 5.41) is 0. The molecule has 1 aromatic heterocycles. The van der Waals surface area contributed by atoms with Gasteiger partial charge in [-0.2, -0.15) is 8.78 Å². The largest absolute Gasteiger partial charge is 0.415 e. The Hall–Kier alpha value is -1.40. The molecular formula is C6H4F4N2O. The summed E-state index contributed by atoms with van der Waals surface area (Å²) >= 11 is 0. The Kier molecular flexibility index (Phi) is 2.99. The number of hydrogen-bond donors (Lipinski definition) is 0. The van der Waals surface area contributed by atoms with Crippen molar-refractivity contribution in [2.45, 2.75) is 13.0 Å². The van der Waals surface area contributed by atoms with Crippen LogP contribution in [0.2, 0.25) is 0 Å². The van der Waals surface area contributed by atoms with E-state index in [1.165, 1.54) is 0 Å². The van der Waals surface area contributed by atoms with Crippen molar-refractivity contribution >= 4 is 0 Å². The molecule has 0 radical (unpaired) electrons. The topological polar surface area (TPSA) is 35.0 Å². The number of ether oxygens (including phenoxy) is 1. The molecule has 0 aliphatic heterocycles. The standard InChI is InChI=1S/C6H4F4N2O/c7-4(8)3-5(13-6(9)10)12-2-1-11-3/h1-2,4,6H. The molecule has 0 amide bonds. The van der Waals surface area contributed by atoms with Gasteiger partial charge in [0.1, 0.15) is 0 Å². The Morgan fingerprint density at radius 2 is 1.69 bits per heavy atom. The zero-order valence-electron chi connectivity index (χ0n) is 6.12. The van der Waals surface area contributed by atoms with Crippen LogP contribution in [0.15, 0.2) is 12.4 Å². The molecular weight excluding hydrogens is 192 g/mol. The van der Waals surface area contributed by atoms with Crippen LogP contribution in [0.3, 0.4) is 0 Å². The third-order valence-corrected chi connectivity index (χ3v) is 1.10. The first-order chi connectivity index (χ1) is 6.11. The van der Waals surface area contributed by atoms with E-state index in [9.17, 15) is 17.6 Å². The van der Waals surface area contributed by atoms with E-state index in [0.717, 1.165) is 12.4 Å². The van der Waals surface area contributed by atoms with Gasteiger partial charge in [0.2, 0.25) is 5.88 Å². The third kappa shape index (κ3) is 2.53. The first-order valence-corrected chi connectivity index (χ1v) is 3.15. The van der Waals surface area contributed by atoms with Crippen LogP contribution in [0.1, 0.15) is 12.1 Å². The van der Waals surface area contributed by atoms with Crippen molar-refractivity contribution < 1.29 is 22.3 Å². The summed E-state index contributed by atoms with van der Waals surface area (Å²) in [6.45, 7) is -3.19. The minimum Gasteiger partial charge on any atom is -0.415 e. The van der Waals surface area contributed by atoms with E-state index in [2.05, 4.69) is 14.7 Å². The molecule has 0 saturated carbocycles. The molecule has 0 unspecified atom stereocenters. The average Bonchev–Trinajstić information content (AvgIpc) is 2.03. The predicted molar refractivity (Wildman–Crippen MR) is 33.6 cm³/mol. The highest BCUT2D eigenvalue weighted by molar-refractivity contribution is 5.18. The fourth-order valence-corrected chi connectivity index (χ4v) is 0.661. The zero-order chi connectivity index (χ0) is 9.84. The molecule has 0 saturated heterocycles. The molecule has 0 N–H and O–H groups in total. The van der Waals surface area contributed by atoms with Gasteiger partial charge >= 0.3 is 6.61 Å². The van der Waals surface area contributed by atoms with Crippen molar-refractivity contribution in [2.75, 3.05) is 0 Å². The van der Waals surface area contributed by atoms with Gasteiger partial charge in [-0.05, 0) is 0 Å². The highest BCUT2D eigenvalue weighted by atomic mass is 19.3. The van der Waals surface area contributed by atoms with Gasteiger partial charge in [0.15, 0.2) is 5.69 Å².